The molecule has 10 heteroatoms. The first-order valence-electron chi connectivity index (χ1n) is 8.56. The second kappa shape index (κ2) is 6.53. The number of ketones is 1. The fourth-order valence-corrected chi connectivity index (χ4v) is 8.55. The Morgan fingerprint density at radius 2 is 1.63 bits per heavy atom. The zero-order chi connectivity index (χ0) is 19.7. The largest absolute Gasteiger partial charge is 0.416 e. The summed E-state index contributed by atoms with van der Waals surface area (Å²) >= 11 is 6.75. The van der Waals surface area contributed by atoms with Crippen LogP contribution >= 0.6 is 31.9 Å². The third-order valence-electron chi connectivity index (χ3n) is 5.74. The van der Waals surface area contributed by atoms with E-state index in [0.29, 0.717) is 12.3 Å². The molecule has 2 bridgehead atoms. The van der Waals surface area contributed by atoms with Crippen molar-refractivity contribution in [1.29, 1.82) is 0 Å². The number of fused-ring (bicyclic) bond motifs is 2. The number of piperidine rings is 1. The second-order valence-electron chi connectivity index (χ2n) is 7.36. The van der Waals surface area contributed by atoms with Crippen LogP contribution in [0.15, 0.2) is 29.2 Å². The van der Waals surface area contributed by atoms with Crippen molar-refractivity contribution in [2.45, 2.75) is 52.1 Å². The lowest BCUT2D eigenvalue weighted by molar-refractivity contribution is -0.137. The molecule has 0 aromatic heterocycles. The first-order chi connectivity index (χ1) is 12.5. The van der Waals surface area contributed by atoms with Gasteiger partial charge in [-0.15, -0.1) is 0 Å². The van der Waals surface area contributed by atoms with Gasteiger partial charge in [-0.05, 0) is 55.4 Å². The summed E-state index contributed by atoms with van der Waals surface area (Å²) in [6, 6.07) is 2.52. The molecule has 27 heavy (non-hydrogen) atoms. The number of carbonyl (C=O) groups excluding carboxylic acids is 1. The average molecular weight is 531 g/mol. The molecule has 0 N–H and O–H groups in total. The van der Waals surface area contributed by atoms with Gasteiger partial charge in [-0.25, -0.2) is 8.42 Å². The predicted octanol–water partition coefficient (Wildman–Crippen LogP) is 3.97. The Balaban J connectivity index is 1.73. The van der Waals surface area contributed by atoms with Crippen LogP contribution in [0.4, 0.5) is 13.2 Å². The molecule has 1 aromatic rings. The molecule has 4 nitrogen and oxygen atoms in total. The Morgan fingerprint density at radius 3 is 2.15 bits per heavy atom. The maximum atomic E-state index is 13.3. The Labute approximate surface area is 171 Å². The highest BCUT2D eigenvalue weighted by molar-refractivity contribution is 9.10. The average Bonchev–Trinajstić information content (AvgIpc) is 3.38. The minimum absolute atomic E-state index is 0.0768. The number of benzene rings is 1. The second-order valence-corrected chi connectivity index (χ2v) is 11.2. The summed E-state index contributed by atoms with van der Waals surface area (Å²) in [5, 5.41) is 0. The van der Waals surface area contributed by atoms with Crippen molar-refractivity contribution in [2.24, 2.45) is 11.8 Å². The van der Waals surface area contributed by atoms with Gasteiger partial charge in [-0.3, -0.25) is 4.79 Å². The molecule has 0 amide bonds. The van der Waals surface area contributed by atoms with Gasteiger partial charge in [0.15, 0.2) is 5.78 Å². The van der Waals surface area contributed by atoms with Crippen molar-refractivity contribution in [3.63, 3.8) is 0 Å². The maximum Gasteiger partial charge on any atom is 0.416 e. The number of hydrogen-bond donors (Lipinski definition) is 0. The number of rotatable bonds is 3. The van der Waals surface area contributed by atoms with E-state index in [-0.39, 0.29) is 16.6 Å². The van der Waals surface area contributed by atoms with Gasteiger partial charge in [0.1, 0.15) is 0 Å². The van der Waals surface area contributed by atoms with Crippen molar-refractivity contribution in [1.82, 2.24) is 4.31 Å². The van der Waals surface area contributed by atoms with E-state index in [1.54, 1.807) is 0 Å². The van der Waals surface area contributed by atoms with Gasteiger partial charge >= 0.3 is 6.18 Å². The number of alkyl halides is 5. The van der Waals surface area contributed by atoms with Gasteiger partial charge < -0.3 is 0 Å². The van der Waals surface area contributed by atoms with Gasteiger partial charge in [0, 0.05) is 12.1 Å². The number of nitrogens with zero attached hydrogens (tertiary/aromatic N) is 1. The van der Waals surface area contributed by atoms with E-state index in [1.807, 2.05) is 0 Å². The molecule has 1 aliphatic carbocycles. The molecule has 2 aliphatic heterocycles. The van der Waals surface area contributed by atoms with E-state index >= 15 is 0 Å². The van der Waals surface area contributed by atoms with Gasteiger partial charge in [0.25, 0.3) is 0 Å². The van der Waals surface area contributed by atoms with Crippen molar-refractivity contribution in [3.8, 4) is 0 Å². The van der Waals surface area contributed by atoms with Crippen LogP contribution in [-0.4, -0.2) is 40.2 Å². The third kappa shape index (κ3) is 3.20. The van der Waals surface area contributed by atoms with Crippen molar-refractivity contribution >= 4 is 47.7 Å². The molecule has 1 saturated carbocycles. The monoisotopic (exact) mass is 529 g/mol. The number of sulfonamides is 1. The summed E-state index contributed by atoms with van der Waals surface area (Å²) in [5.41, 5.74) is -0.897. The number of hydrogen-bond acceptors (Lipinski definition) is 3. The zero-order valence-corrected chi connectivity index (χ0v) is 17.9. The fraction of sp³-hybridized carbons (Fsp3) is 0.588. The molecule has 2 saturated heterocycles. The highest BCUT2D eigenvalue weighted by Gasteiger charge is 2.61. The molecular formula is C17H16Br2F3NO3S. The Kier molecular flexibility index (Phi) is 4.80. The lowest BCUT2D eigenvalue weighted by atomic mass is 9.93. The van der Waals surface area contributed by atoms with Crippen molar-refractivity contribution in [3.05, 3.63) is 29.8 Å². The minimum Gasteiger partial charge on any atom is -0.297 e. The summed E-state index contributed by atoms with van der Waals surface area (Å²) in [4.78, 5) is 11.1. The van der Waals surface area contributed by atoms with Crippen LogP contribution in [0.2, 0.25) is 0 Å². The van der Waals surface area contributed by atoms with Gasteiger partial charge in [0.05, 0.1) is 20.1 Å². The summed E-state index contributed by atoms with van der Waals surface area (Å²) in [5.74, 6) is 0.401. The highest BCUT2D eigenvalue weighted by atomic mass is 79.9. The Bertz CT molecular complexity index is 870. The van der Waals surface area contributed by atoms with E-state index in [1.165, 1.54) is 4.31 Å². The summed E-state index contributed by atoms with van der Waals surface area (Å²) in [7, 11) is -4.03. The first-order valence-corrected chi connectivity index (χ1v) is 11.8. The first kappa shape index (κ1) is 19.8. The molecule has 5 unspecified atom stereocenters. The van der Waals surface area contributed by atoms with Crippen LogP contribution in [0.3, 0.4) is 0 Å². The van der Waals surface area contributed by atoms with Crippen LogP contribution < -0.4 is 0 Å². The molecule has 0 spiro atoms. The van der Waals surface area contributed by atoms with Crippen LogP contribution in [0, 0.1) is 11.8 Å². The van der Waals surface area contributed by atoms with E-state index in [0.717, 1.165) is 37.1 Å². The predicted molar refractivity (Wildman–Crippen MR) is 99.3 cm³/mol. The Hall–Kier alpha value is -0.450. The van der Waals surface area contributed by atoms with E-state index in [4.69, 9.17) is 0 Å². The molecular weight excluding hydrogens is 515 g/mol. The standard InChI is InChI=1S/C17H16Br2F3NO3S/c18-13-12-7-11(8-1-2-8)15(14(19)16(13)24)23(12)27(25,26)10-5-3-9(4-6-10)17(20,21)22/h3-6,8,11-15H,1-2,7H2. The number of carbonyl (C=O) groups is 1. The molecule has 3 fully saturated rings. The molecule has 3 aliphatic rings. The lowest BCUT2D eigenvalue weighted by Gasteiger charge is -2.39. The Morgan fingerprint density at radius 1 is 1.04 bits per heavy atom. The third-order valence-corrected chi connectivity index (χ3v) is 9.73. The van der Waals surface area contributed by atoms with E-state index in [9.17, 15) is 26.4 Å². The normalized spacial score (nSPS) is 34.9. The van der Waals surface area contributed by atoms with Crippen molar-refractivity contribution < 1.29 is 26.4 Å². The molecule has 0 radical (unpaired) electrons. The number of halogens is 5. The molecule has 1 aromatic carbocycles. The van der Waals surface area contributed by atoms with Gasteiger partial charge in [-0.2, -0.15) is 17.5 Å². The quantitative estimate of drug-likeness (QED) is 0.556. The van der Waals surface area contributed by atoms with Crippen molar-refractivity contribution in [2.75, 3.05) is 0 Å². The van der Waals surface area contributed by atoms with Crippen LogP contribution in [0.25, 0.3) is 0 Å². The van der Waals surface area contributed by atoms with Gasteiger partial charge in [0.2, 0.25) is 10.0 Å². The highest BCUT2D eigenvalue weighted by Crippen LogP contribution is 2.53. The topological polar surface area (TPSA) is 54.5 Å². The fourth-order valence-electron chi connectivity index (χ4n) is 4.31. The van der Waals surface area contributed by atoms with Crippen LogP contribution in [0.5, 0.6) is 0 Å². The van der Waals surface area contributed by atoms with Crippen LogP contribution in [0.1, 0.15) is 24.8 Å². The summed E-state index contributed by atoms with van der Waals surface area (Å²) in [6.07, 6.45) is -1.91. The smallest absolute Gasteiger partial charge is 0.297 e. The lowest BCUT2D eigenvalue weighted by Crippen LogP contribution is -2.58. The van der Waals surface area contributed by atoms with E-state index in [2.05, 4.69) is 31.9 Å². The maximum absolute atomic E-state index is 13.3. The molecule has 5 atom stereocenters. The van der Waals surface area contributed by atoms with Gasteiger partial charge in [-0.1, -0.05) is 31.9 Å². The van der Waals surface area contributed by atoms with Crippen LogP contribution in [-0.2, 0) is 21.0 Å². The molecule has 4 rings (SSSR count). The van der Waals surface area contributed by atoms with E-state index < -0.39 is 43.5 Å². The zero-order valence-electron chi connectivity index (χ0n) is 13.9. The number of Topliss-reactive ketones (excluding diaryl/α,β-unsaturated/α-hetero) is 1. The molecule has 2 heterocycles. The summed E-state index contributed by atoms with van der Waals surface area (Å²) < 4.78 is 66.3. The summed E-state index contributed by atoms with van der Waals surface area (Å²) in [6.45, 7) is 0. The SMILES string of the molecule is O=C1C(Br)C2CC(C3CC3)C(C1Br)N2S(=O)(=O)c1ccc(C(F)(F)F)cc1. The molecule has 148 valence electrons. The minimum atomic E-state index is -4.53.